The molecule has 1 atom stereocenters. The second-order valence-corrected chi connectivity index (χ2v) is 7.88. The molecule has 0 saturated carbocycles. The van der Waals surface area contributed by atoms with E-state index in [9.17, 15) is 5.11 Å². The van der Waals surface area contributed by atoms with Crippen molar-refractivity contribution >= 4 is 41.7 Å². The first kappa shape index (κ1) is 21.3. The van der Waals surface area contributed by atoms with Crippen molar-refractivity contribution in [2.24, 2.45) is 4.99 Å². The van der Waals surface area contributed by atoms with Crippen LogP contribution in [0.5, 0.6) is 0 Å². The van der Waals surface area contributed by atoms with E-state index < -0.39 is 5.60 Å². The van der Waals surface area contributed by atoms with E-state index >= 15 is 0 Å². The van der Waals surface area contributed by atoms with E-state index in [1.165, 1.54) is 0 Å². The second kappa shape index (κ2) is 10.3. The lowest BCUT2D eigenvalue weighted by atomic mass is 10.0. The van der Waals surface area contributed by atoms with Crippen molar-refractivity contribution in [1.82, 2.24) is 15.5 Å². The molecule has 23 heavy (non-hydrogen) atoms. The second-order valence-electron chi connectivity index (χ2n) is 6.77. The van der Waals surface area contributed by atoms with Gasteiger partial charge in [-0.25, -0.2) is 0 Å². The number of nitrogens with one attached hydrogen (secondary N) is 2. The Morgan fingerprint density at radius 3 is 2.61 bits per heavy atom. The number of thioether (sulfide) groups is 1. The first-order chi connectivity index (χ1) is 10.5. The summed E-state index contributed by atoms with van der Waals surface area (Å²) in [5, 5.41) is 17.3. The Labute approximate surface area is 162 Å². The van der Waals surface area contributed by atoms with Crippen LogP contribution in [0.2, 0.25) is 0 Å². The fraction of sp³-hybridized carbons (Fsp3) is 0.938. The maximum atomic E-state index is 10.4. The molecule has 136 valence electrons. The van der Waals surface area contributed by atoms with Crippen LogP contribution in [0.3, 0.4) is 0 Å². The molecule has 2 heterocycles. The Bertz CT molecular complexity index is 367. The molecule has 0 aliphatic carbocycles. The summed E-state index contributed by atoms with van der Waals surface area (Å²) in [6.07, 6.45) is 3.17. The van der Waals surface area contributed by atoms with Crippen LogP contribution >= 0.6 is 35.7 Å². The van der Waals surface area contributed by atoms with Crippen LogP contribution in [-0.2, 0) is 0 Å². The first-order valence-corrected chi connectivity index (χ1v) is 9.77. The summed E-state index contributed by atoms with van der Waals surface area (Å²) in [5.41, 5.74) is -0.603. The lowest BCUT2D eigenvalue weighted by Crippen LogP contribution is -2.50. The lowest BCUT2D eigenvalue weighted by molar-refractivity contribution is 0.0778. The average Bonchev–Trinajstić information content (AvgIpc) is 2.93. The van der Waals surface area contributed by atoms with Crippen molar-refractivity contribution in [2.75, 3.05) is 37.7 Å². The number of nitrogens with zero attached hydrogens (tertiary/aromatic N) is 2. The highest BCUT2D eigenvalue weighted by Crippen LogP contribution is 2.27. The Hall–Kier alpha value is 0.270. The molecule has 7 heteroatoms. The van der Waals surface area contributed by atoms with Gasteiger partial charge in [0.2, 0.25) is 0 Å². The topological polar surface area (TPSA) is 59.9 Å². The van der Waals surface area contributed by atoms with E-state index in [4.69, 9.17) is 0 Å². The molecular weight excluding hydrogens is 423 g/mol. The van der Waals surface area contributed by atoms with Gasteiger partial charge in [-0.05, 0) is 45.8 Å². The van der Waals surface area contributed by atoms with Crippen LogP contribution in [0.1, 0.15) is 40.0 Å². The van der Waals surface area contributed by atoms with E-state index in [0.717, 1.165) is 56.4 Å². The molecule has 3 N–H and O–H groups in total. The number of aliphatic imine (C=N–C) groups is 1. The van der Waals surface area contributed by atoms with Crippen LogP contribution in [0.15, 0.2) is 4.99 Å². The maximum Gasteiger partial charge on any atom is 0.191 e. The van der Waals surface area contributed by atoms with Gasteiger partial charge in [0.05, 0.1) is 12.1 Å². The van der Waals surface area contributed by atoms with E-state index in [0.29, 0.717) is 18.6 Å². The summed E-state index contributed by atoms with van der Waals surface area (Å²) < 4.78 is 0. The van der Waals surface area contributed by atoms with Crippen molar-refractivity contribution in [2.45, 2.75) is 57.7 Å². The van der Waals surface area contributed by atoms with Crippen LogP contribution < -0.4 is 10.6 Å². The summed E-state index contributed by atoms with van der Waals surface area (Å²) in [7, 11) is 0. The van der Waals surface area contributed by atoms with Gasteiger partial charge >= 0.3 is 0 Å². The Balaban J connectivity index is 0.00000264. The third-order valence-electron chi connectivity index (χ3n) is 4.56. The van der Waals surface area contributed by atoms with Gasteiger partial charge in [-0.2, -0.15) is 11.8 Å². The van der Waals surface area contributed by atoms with Gasteiger partial charge in [0.25, 0.3) is 0 Å². The van der Waals surface area contributed by atoms with Crippen molar-refractivity contribution in [3.05, 3.63) is 0 Å². The largest absolute Gasteiger partial charge is 0.387 e. The fourth-order valence-electron chi connectivity index (χ4n) is 3.02. The van der Waals surface area contributed by atoms with Gasteiger partial charge < -0.3 is 20.6 Å². The molecule has 0 aromatic rings. The molecular formula is C16H33IN4OS. The predicted molar refractivity (Wildman–Crippen MR) is 111 cm³/mol. The Morgan fingerprint density at radius 2 is 2.09 bits per heavy atom. The number of halogens is 1. The summed E-state index contributed by atoms with van der Waals surface area (Å²) in [5.74, 6) is 2.71. The molecule has 0 amide bonds. The SMILES string of the molecule is CCNC(=NCC1(O)CCSC1)NC1CCN(C(C)C)CC1.I. The molecule has 0 bridgehead atoms. The van der Waals surface area contributed by atoms with Crippen molar-refractivity contribution < 1.29 is 5.11 Å². The Morgan fingerprint density at radius 1 is 1.39 bits per heavy atom. The van der Waals surface area contributed by atoms with Gasteiger partial charge in [0.1, 0.15) is 0 Å². The molecule has 2 fully saturated rings. The molecule has 0 aromatic heterocycles. The number of likely N-dealkylation sites (tertiary alicyclic amines) is 1. The highest BCUT2D eigenvalue weighted by Gasteiger charge is 2.31. The molecule has 2 aliphatic heterocycles. The zero-order chi connectivity index (χ0) is 16.0. The number of guanidine groups is 1. The van der Waals surface area contributed by atoms with Crippen molar-refractivity contribution in [3.8, 4) is 0 Å². The number of aliphatic hydroxyl groups is 1. The number of hydrogen-bond donors (Lipinski definition) is 3. The number of rotatable bonds is 5. The molecule has 0 aromatic carbocycles. The first-order valence-electron chi connectivity index (χ1n) is 8.61. The highest BCUT2D eigenvalue weighted by atomic mass is 127. The number of hydrogen-bond acceptors (Lipinski definition) is 4. The monoisotopic (exact) mass is 456 g/mol. The number of piperidine rings is 1. The standard InChI is InChI=1S/C16H32N4OS.HI/c1-4-17-15(18-11-16(21)7-10-22-12-16)19-14-5-8-20(9-6-14)13(2)3;/h13-14,21H,4-12H2,1-3H3,(H2,17,18,19);1H. The van der Waals surface area contributed by atoms with Crippen molar-refractivity contribution in [1.29, 1.82) is 0 Å². The molecule has 1 unspecified atom stereocenters. The fourth-order valence-corrected chi connectivity index (χ4v) is 4.31. The van der Waals surface area contributed by atoms with E-state index in [-0.39, 0.29) is 24.0 Å². The zero-order valence-electron chi connectivity index (χ0n) is 14.7. The lowest BCUT2D eigenvalue weighted by Gasteiger charge is -2.35. The van der Waals surface area contributed by atoms with Crippen LogP contribution in [0, 0.1) is 0 Å². The molecule has 2 aliphatic rings. The molecule has 0 spiro atoms. The molecule has 2 rings (SSSR count). The smallest absolute Gasteiger partial charge is 0.191 e. The van der Waals surface area contributed by atoms with Crippen LogP contribution in [0.25, 0.3) is 0 Å². The normalized spacial score (nSPS) is 27.1. The minimum atomic E-state index is -0.603. The van der Waals surface area contributed by atoms with Crippen LogP contribution in [-0.4, -0.2) is 71.3 Å². The summed E-state index contributed by atoms with van der Waals surface area (Å²) in [6, 6.07) is 1.12. The van der Waals surface area contributed by atoms with Gasteiger partial charge in [-0.1, -0.05) is 0 Å². The maximum absolute atomic E-state index is 10.4. The third-order valence-corrected chi connectivity index (χ3v) is 5.79. The van der Waals surface area contributed by atoms with Gasteiger partial charge in [0, 0.05) is 37.5 Å². The molecule has 5 nitrogen and oxygen atoms in total. The van der Waals surface area contributed by atoms with E-state index in [1.54, 1.807) is 0 Å². The third kappa shape index (κ3) is 6.96. The van der Waals surface area contributed by atoms with E-state index in [2.05, 4.69) is 41.3 Å². The quantitative estimate of drug-likeness (QED) is 0.335. The zero-order valence-corrected chi connectivity index (χ0v) is 17.8. The minimum absolute atomic E-state index is 0. The summed E-state index contributed by atoms with van der Waals surface area (Å²) in [4.78, 5) is 7.16. The predicted octanol–water partition coefficient (Wildman–Crippen LogP) is 1.90. The summed E-state index contributed by atoms with van der Waals surface area (Å²) in [6.45, 7) is 10.3. The molecule has 0 radical (unpaired) electrons. The Kier molecular flexibility index (Phi) is 9.55. The van der Waals surface area contributed by atoms with Gasteiger partial charge in [0.15, 0.2) is 5.96 Å². The summed E-state index contributed by atoms with van der Waals surface area (Å²) >= 11 is 1.82. The van der Waals surface area contributed by atoms with Crippen LogP contribution in [0.4, 0.5) is 0 Å². The van der Waals surface area contributed by atoms with Crippen molar-refractivity contribution in [3.63, 3.8) is 0 Å². The highest BCUT2D eigenvalue weighted by molar-refractivity contribution is 14.0. The minimum Gasteiger partial charge on any atom is -0.387 e. The molecule has 2 saturated heterocycles. The van der Waals surface area contributed by atoms with Gasteiger partial charge in [-0.3, -0.25) is 4.99 Å². The van der Waals surface area contributed by atoms with E-state index in [1.807, 2.05) is 11.8 Å². The van der Waals surface area contributed by atoms with Gasteiger partial charge in [-0.15, -0.1) is 24.0 Å². The average molecular weight is 456 g/mol.